The van der Waals surface area contributed by atoms with Crippen LogP contribution in [0.4, 0.5) is 5.69 Å². The van der Waals surface area contributed by atoms with Crippen LogP contribution in [0.15, 0.2) is 66.7 Å². The largest absolute Gasteiger partial charge is 0.454 e. The SMILES string of the molecule is O=C(CCNc1ccc(-c2nc3ccccc3s2)cc1)c1ccc2c(c1)OCO2. The van der Waals surface area contributed by atoms with Gasteiger partial charge in [-0.3, -0.25) is 4.79 Å². The monoisotopic (exact) mass is 402 g/mol. The van der Waals surface area contributed by atoms with Gasteiger partial charge < -0.3 is 14.8 Å². The van der Waals surface area contributed by atoms with E-state index in [1.165, 1.54) is 4.70 Å². The Morgan fingerprint density at radius 3 is 2.69 bits per heavy atom. The summed E-state index contributed by atoms with van der Waals surface area (Å²) < 4.78 is 11.8. The Bertz CT molecular complexity index is 1150. The molecular weight excluding hydrogens is 384 g/mol. The van der Waals surface area contributed by atoms with Gasteiger partial charge in [0.2, 0.25) is 6.79 Å². The van der Waals surface area contributed by atoms with Gasteiger partial charge in [0.1, 0.15) is 5.01 Å². The van der Waals surface area contributed by atoms with Gasteiger partial charge in [-0.1, -0.05) is 12.1 Å². The van der Waals surface area contributed by atoms with E-state index in [2.05, 4.69) is 23.5 Å². The smallest absolute Gasteiger partial charge is 0.231 e. The molecule has 0 spiro atoms. The predicted molar refractivity (Wildman–Crippen MR) is 115 cm³/mol. The number of nitrogens with one attached hydrogen (secondary N) is 1. The lowest BCUT2D eigenvalue weighted by atomic mass is 10.1. The third-order valence-corrected chi connectivity index (χ3v) is 5.89. The number of aromatic nitrogens is 1. The van der Waals surface area contributed by atoms with Crippen LogP contribution in [0, 0.1) is 0 Å². The predicted octanol–water partition coefficient (Wildman–Crippen LogP) is 5.38. The van der Waals surface area contributed by atoms with Crippen LogP contribution in [-0.4, -0.2) is 24.1 Å². The van der Waals surface area contributed by atoms with Gasteiger partial charge in [0.05, 0.1) is 10.2 Å². The summed E-state index contributed by atoms with van der Waals surface area (Å²) >= 11 is 1.69. The van der Waals surface area contributed by atoms with Gasteiger partial charge in [-0.05, 0) is 54.6 Å². The highest BCUT2D eigenvalue weighted by molar-refractivity contribution is 7.21. The average Bonchev–Trinajstić information content (AvgIpc) is 3.40. The van der Waals surface area contributed by atoms with E-state index in [0.717, 1.165) is 21.8 Å². The topological polar surface area (TPSA) is 60.5 Å². The molecule has 0 saturated carbocycles. The molecule has 0 bridgehead atoms. The molecule has 1 aromatic heterocycles. The fraction of sp³-hybridized carbons (Fsp3) is 0.130. The fourth-order valence-electron chi connectivity index (χ4n) is 3.26. The summed E-state index contributed by atoms with van der Waals surface area (Å²) in [5.41, 5.74) is 3.74. The van der Waals surface area contributed by atoms with Crippen LogP contribution >= 0.6 is 11.3 Å². The number of fused-ring (bicyclic) bond motifs is 2. The summed E-state index contributed by atoms with van der Waals surface area (Å²) in [6.07, 6.45) is 0.402. The first kappa shape index (κ1) is 17.7. The molecule has 5 rings (SSSR count). The standard InChI is InChI=1S/C23H18N2O3S/c26-19(16-7-10-20-21(13-16)28-14-27-20)11-12-24-17-8-5-15(6-9-17)23-25-18-3-1-2-4-22(18)29-23/h1-10,13,24H,11-12,14H2. The fourth-order valence-corrected chi connectivity index (χ4v) is 4.23. The van der Waals surface area contributed by atoms with Gasteiger partial charge in [-0.25, -0.2) is 4.98 Å². The van der Waals surface area contributed by atoms with Crippen molar-refractivity contribution in [3.63, 3.8) is 0 Å². The normalized spacial score (nSPS) is 12.3. The molecule has 1 aliphatic heterocycles. The zero-order chi connectivity index (χ0) is 19.6. The molecule has 144 valence electrons. The highest BCUT2D eigenvalue weighted by Crippen LogP contribution is 2.33. The zero-order valence-electron chi connectivity index (χ0n) is 15.6. The maximum atomic E-state index is 12.4. The second kappa shape index (κ2) is 7.56. The van der Waals surface area contributed by atoms with Gasteiger partial charge in [0, 0.05) is 29.8 Å². The first-order valence-corrected chi connectivity index (χ1v) is 10.2. The van der Waals surface area contributed by atoms with E-state index in [9.17, 15) is 4.79 Å². The van der Waals surface area contributed by atoms with Crippen LogP contribution in [0.5, 0.6) is 11.5 Å². The minimum atomic E-state index is 0.0712. The number of hydrogen-bond acceptors (Lipinski definition) is 6. The van der Waals surface area contributed by atoms with Crippen molar-refractivity contribution in [2.75, 3.05) is 18.7 Å². The zero-order valence-corrected chi connectivity index (χ0v) is 16.4. The molecule has 4 aromatic rings. The lowest BCUT2D eigenvalue weighted by molar-refractivity contribution is 0.0986. The van der Waals surface area contributed by atoms with E-state index in [0.29, 0.717) is 30.0 Å². The molecule has 1 N–H and O–H groups in total. The Morgan fingerprint density at radius 1 is 1.00 bits per heavy atom. The second-order valence-corrected chi connectivity index (χ2v) is 7.76. The van der Waals surface area contributed by atoms with Crippen LogP contribution in [0.3, 0.4) is 0 Å². The first-order chi connectivity index (χ1) is 14.3. The van der Waals surface area contributed by atoms with Crippen LogP contribution in [-0.2, 0) is 0 Å². The molecule has 0 amide bonds. The third-order valence-electron chi connectivity index (χ3n) is 4.80. The summed E-state index contributed by atoms with van der Waals surface area (Å²) in [6.45, 7) is 0.773. The molecule has 1 aliphatic rings. The Balaban J connectivity index is 1.20. The second-order valence-electron chi connectivity index (χ2n) is 6.73. The van der Waals surface area contributed by atoms with Gasteiger partial charge in [0.25, 0.3) is 0 Å². The molecule has 0 unspecified atom stereocenters. The van der Waals surface area contributed by atoms with E-state index >= 15 is 0 Å². The van der Waals surface area contributed by atoms with Crippen LogP contribution in [0.2, 0.25) is 0 Å². The first-order valence-electron chi connectivity index (χ1n) is 9.39. The van der Waals surface area contributed by atoms with Crippen molar-refractivity contribution in [3.05, 3.63) is 72.3 Å². The molecule has 5 nitrogen and oxygen atoms in total. The molecular formula is C23H18N2O3S. The molecule has 2 heterocycles. The van der Waals surface area contributed by atoms with Crippen LogP contribution in [0.25, 0.3) is 20.8 Å². The van der Waals surface area contributed by atoms with E-state index in [-0.39, 0.29) is 12.6 Å². The van der Waals surface area contributed by atoms with Gasteiger partial charge in [-0.2, -0.15) is 0 Å². The minimum absolute atomic E-state index is 0.0712. The van der Waals surface area contributed by atoms with Crippen molar-refractivity contribution in [3.8, 4) is 22.1 Å². The van der Waals surface area contributed by atoms with E-state index < -0.39 is 0 Å². The number of carbonyl (C=O) groups excluding carboxylic acids is 1. The molecule has 0 fully saturated rings. The summed E-state index contributed by atoms with van der Waals surface area (Å²) in [4.78, 5) is 17.1. The number of Topliss-reactive ketones (excluding diaryl/α,β-unsaturated/α-hetero) is 1. The van der Waals surface area contributed by atoms with Crippen molar-refractivity contribution >= 4 is 33.0 Å². The third kappa shape index (κ3) is 3.67. The number of anilines is 1. The number of benzene rings is 3. The summed E-state index contributed by atoms with van der Waals surface area (Å²) in [5, 5.41) is 4.32. The van der Waals surface area contributed by atoms with Gasteiger partial charge in [0.15, 0.2) is 17.3 Å². The Labute approximate surface area is 171 Å². The molecule has 0 aliphatic carbocycles. The average molecular weight is 402 g/mol. The maximum absolute atomic E-state index is 12.4. The number of ether oxygens (including phenoxy) is 2. The number of hydrogen-bond donors (Lipinski definition) is 1. The maximum Gasteiger partial charge on any atom is 0.231 e. The lowest BCUT2D eigenvalue weighted by Crippen LogP contribution is -2.08. The lowest BCUT2D eigenvalue weighted by Gasteiger charge is -2.07. The highest BCUT2D eigenvalue weighted by atomic mass is 32.1. The van der Waals surface area contributed by atoms with Crippen molar-refractivity contribution < 1.29 is 14.3 Å². The summed E-state index contributed by atoms with van der Waals surface area (Å²) in [6, 6.07) is 21.6. The molecule has 29 heavy (non-hydrogen) atoms. The number of ketones is 1. The Kier molecular flexibility index (Phi) is 4.62. The number of nitrogens with zero attached hydrogens (tertiary/aromatic N) is 1. The van der Waals surface area contributed by atoms with Gasteiger partial charge >= 0.3 is 0 Å². The van der Waals surface area contributed by atoms with E-state index in [1.54, 1.807) is 29.5 Å². The summed E-state index contributed by atoms with van der Waals surface area (Å²) in [5.74, 6) is 1.39. The van der Waals surface area contributed by atoms with Crippen molar-refractivity contribution in [2.45, 2.75) is 6.42 Å². The van der Waals surface area contributed by atoms with Crippen molar-refractivity contribution in [1.29, 1.82) is 0 Å². The molecule has 0 atom stereocenters. The Morgan fingerprint density at radius 2 is 1.83 bits per heavy atom. The Hall–Kier alpha value is -3.38. The van der Waals surface area contributed by atoms with Crippen LogP contribution in [0.1, 0.15) is 16.8 Å². The van der Waals surface area contributed by atoms with Gasteiger partial charge in [-0.15, -0.1) is 11.3 Å². The minimum Gasteiger partial charge on any atom is -0.454 e. The number of carbonyl (C=O) groups is 1. The van der Waals surface area contributed by atoms with Crippen molar-refractivity contribution in [2.24, 2.45) is 0 Å². The van der Waals surface area contributed by atoms with E-state index in [1.807, 2.05) is 30.3 Å². The summed E-state index contributed by atoms with van der Waals surface area (Å²) in [7, 11) is 0. The molecule has 6 heteroatoms. The van der Waals surface area contributed by atoms with Crippen LogP contribution < -0.4 is 14.8 Å². The number of thiazole rings is 1. The molecule has 3 aromatic carbocycles. The quantitative estimate of drug-likeness (QED) is 0.439. The molecule has 0 saturated heterocycles. The van der Waals surface area contributed by atoms with Crippen molar-refractivity contribution in [1.82, 2.24) is 4.98 Å². The van der Waals surface area contributed by atoms with E-state index in [4.69, 9.17) is 14.5 Å². The number of rotatable bonds is 6. The highest BCUT2D eigenvalue weighted by Gasteiger charge is 2.16. The molecule has 0 radical (unpaired) electrons. The number of para-hydroxylation sites is 1.